The van der Waals surface area contributed by atoms with E-state index in [0.717, 1.165) is 17.1 Å². The first-order valence-corrected chi connectivity index (χ1v) is 8.92. The van der Waals surface area contributed by atoms with Gasteiger partial charge in [-0.1, -0.05) is 11.3 Å². The van der Waals surface area contributed by atoms with Crippen LogP contribution in [0.5, 0.6) is 5.75 Å². The number of nitrogens with zero attached hydrogens (tertiary/aromatic N) is 5. The van der Waals surface area contributed by atoms with Gasteiger partial charge < -0.3 is 10.1 Å². The van der Waals surface area contributed by atoms with Crippen LogP contribution in [0.2, 0.25) is 0 Å². The summed E-state index contributed by atoms with van der Waals surface area (Å²) < 4.78 is 6.84. The van der Waals surface area contributed by atoms with E-state index in [1.54, 1.807) is 30.8 Å². The van der Waals surface area contributed by atoms with Crippen LogP contribution < -0.4 is 10.1 Å². The molecule has 2 aromatic carbocycles. The summed E-state index contributed by atoms with van der Waals surface area (Å²) in [5.41, 5.74) is 3.14. The van der Waals surface area contributed by atoms with E-state index in [1.165, 1.54) is 0 Å². The van der Waals surface area contributed by atoms with Crippen LogP contribution >= 0.6 is 0 Å². The molecule has 0 atom stereocenters. The van der Waals surface area contributed by atoms with Crippen LogP contribution in [0.3, 0.4) is 0 Å². The molecule has 29 heavy (non-hydrogen) atoms. The van der Waals surface area contributed by atoms with Crippen molar-refractivity contribution in [1.29, 1.82) is 0 Å². The normalized spacial score (nSPS) is 10.7. The molecule has 0 spiro atoms. The number of hydrogen-bond acceptors (Lipinski definition) is 6. The molecular formula is C20H19N7O2. The molecule has 9 nitrogen and oxygen atoms in total. The predicted molar refractivity (Wildman–Crippen MR) is 107 cm³/mol. The molecule has 0 saturated carbocycles. The summed E-state index contributed by atoms with van der Waals surface area (Å²) in [4.78, 5) is 17.0. The van der Waals surface area contributed by atoms with Crippen molar-refractivity contribution in [3.8, 4) is 22.8 Å². The lowest BCUT2D eigenvalue weighted by Crippen LogP contribution is -2.14. The highest BCUT2D eigenvalue weighted by atomic mass is 16.5. The highest BCUT2D eigenvalue weighted by Crippen LogP contribution is 2.20. The molecule has 0 radical (unpaired) electrons. The number of amides is 1. The number of aromatic amines is 1. The van der Waals surface area contributed by atoms with Crippen molar-refractivity contribution in [3.63, 3.8) is 0 Å². The average Bonchev–Trinajstić information content (AvgIpc) is 3.34. The summed E-state index contributed by atoms with van der Waals surface area (Å²) in [6, 6.07) is 14.7. The standard InChI is InChI=1S/C20H19N7O2/c1-12-18(24-26-27(12)16-5-4-6-17(11-16)29-3)20(28)22-15-9-7-14(8-10-15)19-21-13(2)23-25-19/h4-11H,1-3H3,(H,22,28)(H,21,23,25). The maximum atomic E-state index is 12.7. The zero-order valence-corrected chi connectivity index (χ0v) is 16.2. The largest absolute Gasteiger partial charge is 0.497 e. The molecule has 4 rings (SSSR count). The molecule has 1 amide bonds. The van der Waals surface area contributed by atoms with Crippen molar-refractivity contribution in [3.05, 3.63) is 65.7 Å². The van der Waals surface area contributed by atoms with Gasteiger partial charge in [-0.3, -0.25) is 9.89 Å². The Morgan fingerprint density at radius 2 is 1.93 bits per heavy atom. The summed E-state index contributed by atoms with van der Waals surface area (Å²) in [6.45, 7) is 3.63. The van der Waals surface area contributed by atoms with Crippen LogP contribution in [-0.4, -0.2) is 43.2 Å². The molecule has 146 valence electrons. The quantitative estimate of drug-likeness (QED) is 0.543. The molecule has 0 bridgehead atoms. The zero-order valence-electron chi connectivity index (χ0n) is 16.2. The lowest BCUT2D eigenvalue weighted by molar-refractivity contribution is 0.102. The van der Waals surface area contributed by atoms with Crippen molar-refractivity contribution in [2.24, 2.45) is 0 Å². The highest BCUT2D eigenvalue weighted by Gasteiger charge is 2.18. The number of rotatable bonds is 5. The molecular weight excluding hydrogens is 370 g/mol. The van der Waals surface area contributed by atoms with Crippen molar-refractivity contribution >= 4 is 11.6 Å². The second-order valence-corrected chi connectivity index (χ2v) is 6.41. The number of aryl methyl sites for hydroxylation is 1. The molecule has 0 unspecified atom stereocenters. The Hall–Kier alpha value is -4.01. The average molecular weight is 389 g/mol. The molecule has 2 aromatic heterocycles. The number of carbonyl (C=O) groups excluding carboxylic acids is 1. The fraction of sp³-hybridized carbons (Fsp3) is 0.150. The van der Waals surface area contributed by atoms with E-state index in [4.69, 9.17) is 4.74 Å². The van der Waals surface area contributed by atoms with Gasteiger partial charge in [-0.2, -0.15) is 5.10 Å². The second kappa shape index (κ2) is 7.55. The minimum Gasteiger partial charge on any atom is -0.497 e. The molecule has 0 aliphatic carbocycles. The van der Waals surface area contributed by atoms with Gasteiger partial charge in [0.2, 0.25) is 0 Å². The molecule has 2 heterocycles. The summed E-state index contributed by atoms with van der Waals surface area (Å²) in [6.07, 6.45) is 0. The third-order valence-electron chi connectivity index (χ3n) is 4.41. The Morgan fingerprint density at radius 1 is 1.14 bits per heavy atom. The van der Waals surface area contributed by atoms with Crippen LogP contribution in [0.1, 0.15) is 22.0 Å². The number of anilines is 1. The van der Waals surface area contributed by atoms with Gasteiger partial charge in [-0.05, 0) is 50.2 Å². The molecule has 2 N–H and O–H groups in total. The van der Waals surface area contributed by atoms with Crippen LogP contribution in [0.15, 0.2) is 48.5 Å². The van der Waals surface area contributed by atoms with E-state index in [1.807, 2.05) is 43.3 Å². The Morgan fingerprint density at radius 3 is 2.62 bits per heavy atom. The third kappa shape index (κ3) is 3.70. The number of ether oxygens (including phenoxy) is 1. The molecule has 9 heteroatoms. The minimum absolute atomic E-state index is 0.251. The van der Waals surface area contributed by atoms with Crippen LogP contribution in [0.25, 0.3) is 17.1 Å². The number of carbonyl (C=O) groups is 1. The smallest absolute Gasteiger partial charge is 0.278 e. The third-order valence-corrected chi connectivity index (χ3v) is 4.41. The fourth-order valence-electron chi connectivity index (χ4n) is 2.89. The number of H-pyrrole nitrogens is 1. The van der Waals surface area contributed by atoms with Crippen LogP contribution in [-0.2, 0) is 0 Å². The Bertz CT molecular complexity index is 1160. The van der Waals surface area contributed by atoms with Crippen molar-refractivity contribution in [1.82, 2.24) is 30.2 Å². The number of hydrogen-bond donors (Lipinski definition) is 2. The lowest BCUT2D eigenvalue weighted by Gasteiger charge is -2.07. The minimum atomic E-state index is -0.335. The molecule has 0 aliphatic rings. The monoisotopic (exact) mass is 389 g/mol. The maximum absolute atomic E-state index is 12.7. The first kappa shape index (κ1) is 18.4. The maximum Gasteiger partial charge on any atom is 0.278 e. The summed E-state index contributed by atoms with van der Waals surface area (Å²) in [5.74, 6) is 1.72. The van der Waals surface area contributed by atoms with Gasteiger partial charge in [0.1, 0.15) is 11.6 Å². The zero-order chi connectivity index (χ0) is 20.4. The number of methoxy groups -OCH3 is 1. The van der Waals surface area contributed by atoms with Crippen molar-refractivity contribution in [2.75, 3.05) is 12.4 Å². The van der Waals surface area contributed by atoms with Gasteiger partial charge in [0.15, 0.2) is 11.5 Å². The fourth-order valence-corrected chi connectivity index (χ4v) is 2.89. The summed E-state index contributed by atoms with van der Waals surface area (Å²) in [5, 5.41) is 17.9. The number of aromatic nitrogens is 6. The number of benzene rings is 2. The Labute approximate surface area is 166 Å². The molecule has 0 aliphatic heterocycles. The first-order valence-electron chi connectivity index (χ1n) is 8.92. The van der Waals surface area contributed by atoms with Gasteiger partial charge in [0, 0.05) is 17.3 Å². The van der Waals surface area contributed by atoms with Gasteiger partial charge in [0.25, 0.3) is 5.91 Å². The van der Waals surface area contributed by atoms with Crippen LogP contribution in [0, 0.1) is 13.8 Å². The van der Waals surface area contributed by atoms with E-state index in [0.29, 0.717) is 23.0 Å². The summed E-state index contributed by atoms with van der Waals surface area (Å²) >= 11 is 0. The van der Waals surface area contributed by atoms with E-state index in [-0.39, 0.29) is 11.6 Å². The van der Waals surface area contributed by atoms with E-state index < -0.39 is 0 Å². The van der Waals surface area contributed by atoms with E-state index in [2.05, 4.69) is 30.8 Å². The first-order chi connectivity index (χ1) is 14.0. The van der Waals surface area contributed by atoms with Gasteiger partial charge in [0.05, 0.1) is 18.5 Å². The number of nitrogens with one attached hydrogen (secondary N) is 2. The topological polar surface area (TPSA) is 111 Å². The molecule has 0 fully saturated rings. The molecule has 0 saturated heterocycles. The van der Waals surface area contributed by atoms with E-state index >= 15 is 0 Å². The van der Waals surface area contributed by atoms with Crippen molar-refractivity contribution in [2.45, 2.75) is 13.8 Å². The van der Waals surface area contributed by atoms with Gasteiger partial charge in [-0.15, -0.1) is 5.10 Å². The van der Waals surface area contributed by atoms with Crippen molar-refractivity contribution < 1.29 is 9.53 Å². The van der Waals surface area contributed by atoms with Gasteiger partial charge >= 0.3 is 0 Å². The Balaban J connectivity index is 1.52. The van der Waals surface area contributed by atoms with Crippen LogP contribution in [0.4, 0.5) is 5.69 Å². The highest BCUT2D eigenvalue weighted by molar-refractivity contribution is 6.03. The predicted octanol–water partition coefficient (Wildman–Crippen LogP) is 2.93. The second-order valence-electron chi connectivity index (χ2n) is 6.41. The lowest BCUT2D eigenvalue weighted by atomic mass is 10.2. The SMILES string of the molecule is COc1cccc(-n2nnc(C(=O)Nc3ccc(-c4n[nH]c(C)n4)cc3)c2C)c1. The summed E-state index contributed by atoms with van der Waals surface area (Å²) in [7, 11) is 1.60. The van der Waals surface area contributed by atoms with Gasteiger partial charge in [-0.25, -0.2) is 9.67 Å². The Kier molecular flexibility index (Phi) is 4.78. The van der Waals surface area contributed by atoms with E-state index in [9.17, 15) is 4.79 Å². The molecule has 4 aromatic rings.